The molecule has 0 aliphatic rings. The average Bonchev–Trinajstić information content (AvgIpc) is 2.86. The SMILES string of the molecule is CCCNc1nnc(CN(C)Cc2ccc(C)cc2)s1. The van der Waals surface area contributed by atoms with Crippen LogP contribution in [0.15, 0.2) is 24.3 Å². The largest absolute Gasteiger partial charge is 0.360 e. The maximum Gasteiger partial charge on any atom is 0.205 e. The fourth-order valence-electron chi connectivity index (χ4n) is 1.91. The van der Waals surface area contributed by atoms with Crippen molar-refractivity contribution in [2.45, 2.75) is 33.4 Å². The Morgan fingerprint density at radius 3 is 2.60 bits per heavy atom. The van der Waals surface area contributed by atoms with E-state index in [1.807, 2.05) is 0 Å². The average molecular weight is 290 g/mol. The normalized spacial score (nSPS) is 11.0. The van der Waals surface area contributed by atoms with Crippen molar-refractivity contribution in [3.8, 4) is 0 Å². The summed E-state index contributed by atoms with van der Waals surface area (Å²) in [5.41, 5.74) is 2.62. The summed E-state index contributed by atoms with van der Waals surface area (Å²) in [4.78, 5) is 2.26. The molecule has 108 valence electrons. The molecule has 0 unspecified atom stereocenters. The number of hydrogen-bond acceptors (Lipinski definition) is 5. The lowest BCUT2D eigenvalue weighted by Gasteiger charge is -2.14. The van der Waals surface area contributed by atoms with E-state index < -0.39 is 0 Å². The lowest BCUT2D eigenvalue weighted by atomic mass is 10.1. The van der Waals surface area contributed by atoms with Crippen LogP contribution >= 0.6 is 11.3 Å². The maximum atomic E-state index is 4.23. The van der Waals surface area contributed by atoms with Gasteiger partial charge < -0.3 is 5.32 Å². The fourth-order valence-corrected chi connectivity index (χ4v) is 2.76. The molecule has 0 bridgehead atoms. The van der Waals surface area contributed by atoms with Crippen LogP contribution in [0.4, 0.5) is 5.13 Å². The van der Waals surface area contributed by atoms with Gasteiger partial charge in [0.15, 0.2) is 0 Å². The van der Waals surface area contributed by atoms with E-state index in [1.54, 1.807) is 11.3 Å². The molecule has 0 saturated heterocycles. The van der Waals surface area contributed by atoms with Crippen LogP contribution in [-0.4, -0.2) is 28.7 Å². The first-order valence-corrected chi connectivity index (χ1v) is 7.79. The van der Waals surface area contributed by atoms with E-state index in [-0.39, 0.29) is 0 Å². The number of benzene rings is 1. The Morgan fingerprint density at radius 2 is 1.90 bits per heavy atom. The molecule has 5 heteroatoms. The predicted molar refractivity (Wildman–Crippen MR) is 85.0 cm³/mol. The van der Waals surface area contributed by atoms with Crippen molar-refractivity contribution in [1.29, 1.82) is 0 Å². The van der Waals surface area contributed by atoms with Crippen LogP contribution in [0.5, 0.6) is 0 Å². The molecule has 2 aromatic rings. The van der Waals surface area contributed by atoms with Gasteiger partial charge in [0.05, 0.1) is 6.54 Å². The zero-order valence-corrected chi connectivity index (χ0v) is 13.2. The molecule has 1 N–H and O–H groups in total. The molecule has 20 heavy (non-hydrogen) atoms. The molecule has 2 rings (SSSR count). The molecule has 0 radical (unpaired) electrons. The van der Waals surface area contributed by atoms with Crippen molar-refractivity contribution in [1.82, 2.24) is 15.1 Å². The fraction of sp³-hybridized carbons (Fsp3) is 0.467. The molecule has 4 nitrogen and oxygen atoms in total. The van der Waals surface area contributed by atoms with Crippen LogP contribution in [-0.2, 0) is 13.1 Å². The third-order valence-corrected chi connectivity index (χ3v) is 3.84. The molecule has 1 aromatic carbocycles. The van der Waals surface area contributed by atoms with Gasteiger partial charge in [-0.25, -0.2) is 0 Å². The van der Waals surface area contributed by atoms with E-state index >= 15 is 0 Å². The van der Waals surface area contributed by atoms with Crippen LogP contribution in [0.3, 0.4) is 0 Å². The first kappa shape index (κ1) is 14.9. The highest BCUT2D eigenvalue weighted by Gasteiger charge is 2.07. The van der Waals surface area contributed by atoms with Crippen molar-refractivity contribution in [3.63, 3.8) is 0 Å². The van der Waals surface area contributed by atoms with E-state index in [0.717, 1.165) is 36.2 Å². The Morgan fingerprint density at radius 1 is 1.15 bits per heavy atom. The number of nitrogens with one attached hydrogen (secondary N) is 1. The Labute approximate surface area is 124 Å². The lowest BCUT2D eigenvalue weighted by Crippen LogP contribution is -2.17. The van der Waals surface area contributed by atoms with E-state index in [0.29, 0.717) is 0 Å². The summed E-state index contributed by atoms with van der Waals surface area (Å²) in [5, 5.41) is 13.6. The minimum absolute atomic E-state index is 0.833. The van der Waals surface area contributed by atoms with E-state index in [1.165, 1.54) is 11.1 Å². The Kier molecular flexibility index (Phi) is 5.49. The quantitative estimate of drug-likeness (QED) is 0.849. The highest BCUT2D eigenvalue weighted by atomic mass is 32.1. The summed E-state index contributed by atoms with van der Waals surface area (Å²) in [6.07, 6.45) is 1.10. The van der Waals surface area contributed by atoms with Gasteiger partial charge >= 0.3 is 0 Å². The summed E-state index contributed by atoms with van der Waals surface area (Å²) in [7, 11) is 2.11. The van der Waals surface area contributed by atoms with Crippen molar-refractivity contribution in [2.24, 2.45) is 0 Å². The summed E-state index contributed by atoms with van der Waals surface area (Å²) in [6, 6.07) is 8.67. The first-order chi connectivity index (χ1) is 9.67. The molecule has 0 aliphatic carbocycles. The third kappa shape index (κ3) is 4.58. The zero-order chi connectivity index (χ0) is 14.4. The maximum absolute atomic E-state index is 4.23. The summed E-state index contributed by atoms with van der Waals surface area (Å²) < 4.78 is 0. The van der Waals surface area contributed by atoms with Crippen molar-refractivity contribution in [2.75, 3.05) is 18.9 Å². The molecular formula is C15H22N4S. The van der Waals surface area contributed by atoms with Gasteiger partial charge in [-0.15, -0.1) is 10.2 Å². The zero-order valence-electron chi connectivity index (χ0n) is 12.4. The minimum Gasteiger partial charge on any atom is -0.360 e. The van der Waals surface area contributed by atoms with Gasteiger partial charge in [0, 0.05) is 13.1 Å². The second-order valence-corrected chi connectivity index (χ2v) is 6.15. The smallest absolute Gasteiger partial charge is 0.205 e. The van der Waals surface area contributed by atoms with Crippen LogP contribution < -0.4 is 5.32 Å². The van der Waals surface area contributed by atoms with Gasteiger partial charge in [0.1, 0.15) is 5.01 Å². The molecule has 0 aliphatic heterocycles. The molecular weight excluding hydrogens is 268 g/mol. The number of aromatic nitrogens is 2. The molecule has 0 amide bonds. The Hall–Kier alpha value is -1.46. The topological polar surface area (TPSA) is 41.1 Å². The number of hydrogen-bond donors (Lipinski definition) is 1. The molecule has 0 spiro atoms. The van der Waals surface area contributed by atoms with Gasteiger partial charge in [-0.1, -0.05) is 48.1 Å². The lowest BCUT2D eigenvalue weighted by molar-refractivity contribution is 0.317. The van der Waals surface area contributed by atoms with E-state index in [2.05, 4.69) is 65.6 Å². The number of rotatable bonds is 7. The summed E-state index contributed by atoms with van der Waals surface area (Å²) in [5.74, 6) is 0. The predicted octanol–water partition coefficient (Wildman–Crippen LogP) is 3.30. The van der Waals surface area contributed by atoms with Crippen molar-refractivity contribution in [3.05, 3.63) is 40.4 Å². The van der Waals surface area contributed by atoms with Gasteiger partial charge in [0.2, 0.25) is 5.13 Å². The van der Waals surface area contributed by atoms with Gasteiger partial charge in [-0.3, -0.25) is 4.90 Å². The number of nitrogens with zero attached hydrogens (tertiary/aromatic N) is 3. The number of aryl methyl sites for hydroxylation is 1. The molecule has 1 aromatic heterocycles. The second kappa shape index (κ2) is 7.36. The standard InChI is InChI=1S/C15H22N4S/c1-4-9-16-15-18-17-14(20-15)11-19(3)10-13-7-5-12(2)6-8-13/h5-8H,4,9-11H2,1-3H3,(H,16,18). The molecule has 1 heterocycles. The molecule has 0 saturated carbocycles. The van der Waals surface area contributed by atoms with Crippen molar-refractivity contribution >= 4 is 16.5 Å². The van der Waals surface area contributed by atoms with Crippen LogP contribution in [0.2, 0.25) is 0 Å². The highest BCUT2D eigenvalue weighted by molar-refractivity contribution is 7.15. The Bertz CT molecular complexity index is 521. The van der Waals surface area contributed by atoms with Gasteiger partial charge in [0.25, 0.3) is 0 Å². The monoisotopic (exact) mass is 290 g/mol. The summed E-state index contributed by atoms with van der Waals surface area (Å²) in [6.45, 7) is 6.97. The first-order valence-electron chi connectivity index (χ1n) is 6.97. The van der Waals surface area contributed by atoms with Crippen molar-refractivity contribution < 1.29 is 0 Å². The van der Waals surface area contributed by atoms with E-state index in [4.69, 9.17) is 0 Å². The van der Waals surface area contributed by atoms with Crippen LogP contribution in [0, 0.1) is 6.92 Å². The van der Waals surface area contributed by atoms with Gasteiger partial charge in [-0.2, -0.15) is 0 Å². The summed E-state index contributed by atoms with van der Waals surface area (Å²) >= 11 is 1.64. The number of anilines is 1. The third-order valence-electron chi connectivity index (χ3n) is 2.97. The molecule has 0 fully saturated rings. The minimum atomic E-state index is 0.833. The molecule has 0 atom stereocenters. The highest BCUT2D eigenvalue weighted by Crippen LogP contribution is 2.17. The van der Waals surface area contributed by atoms with E-state index in [9.17, 15) is 0 Å². The van der Waals surface area contributed by atoms with Gasteiger partial charge in [-0.05, 0) is 26.0 Å². The second-order valence-electron chi connectivity index (χ2n) is 5.09. The van der Waals surface area contributed by atoms with Crippen LogP contribution in [0.25, 0.3) is 0 Å². The van der Waals surface area contributed by atoms with Crippen LogP contribution in [0.1, 0.15) is 29.5 Å². The Balaban J connectivity index is 1.86.